The number of carbonyl (C=O) groups excluding carboxylic acids is 1. The summed E-state index contributed by atoms with van der Waals surface area (Å²) in [5, 5.41) is 5.22. The van der Waals surface area contributed by atoms with E-state index in [9.17, 15) is 13.2 Å². The number of carbonyl (C=O) groups is 1. The number of rotatable bonds is 5. The van der Waals surface area contributed by atoms with Crippen molar-refractivity contribution in [3.63, 3.8) is 0 Å². The lowest BCUT2D eigenvalue weighted by atomic mass is 10.1. The van der Waals surface area contributed by atoms with Gasteiger partial charge in [-0.2, -0.15) is 0 Å². The summed E-state index contributed by atoms with van der Waals surface area (Å²) < 4.78 is 36.5. The Kier molecular flexibility index (Phi) is 5.13. The highest BCUT2D eigenvalue weighted by atomic mass is 32.2. The molecule has 0 fully saturated rings. The van der Waals surface area contributed by atoms with Crippen LogP contribution in [0.15, 0.2) is 53.4 Å². The highest BCUT2D eigenvalue weighted by Crippen LogP contribution is 2.37. The van der Waals surface area contributed by atoms with Crippen LogP contribution in [0.2, 0.25) is 0 Å². The van der Waals surface area contributed by atoms with E-state index < -0.39 is 10.0 Å². The quantitative estimate of drug-likeness (QED) is 0.630. The lowest BCUT2D eigenvalue weighted by Gasteiger charge is -2.19. The summed E-state index contributed by atoms with van der Waals surface area (Å²) in [6.07, 6.45) is 0.385. The van der Waals surface area contributed by atoms with Gasteiger partial charge in [-0.15, -0.1) is 0 Å². The average molecular weight is 426 g/mol. The van der Waals surface area contributed by atoms with Crippen molar-refractivity contribution in [2.24, 2.45) is 5.14 Å². The van der Waals surface area contributed by atoms with E-state index in [2.05, 4.69) is 0 Å². The first-order valence-corrected chi connectivity index (χ1v) is 11.1. The van der Waals surface area contributed by atoms with E-state index in [1.807, 2.05) is 42.7 Å². The van der Waals surface area contributed by atoms with Gasteiger partial charge < -0.3 is 14.0 Å². The molecule has 0 radical (unpaired) electrons. The van der Waals surface area contributed by atoms with Crippen molar-refractivity contribution in [1.29, 1.82) is 0 Å². The Hall–Kier alpha value is -3.10. The molecule has 1 aliphatic heterocycles. The maximum atomic E-state index is 12.5. The Balaban J connectivity index is 1.89. The molecule has 1 aromatic heterocycles. The van der Waals surface area contributed by atoms with Crippen LogP contribution in [0.5, 0.6) is 11.5 Å². The van der Waals surface area contributed by atoms with Gasteiger partial charge in [-0.05, 0) is 55.5 Å². The fourth-order valence-corrected chi connectivity index (χ4v) is 4.13. The van der Waals surface area contributed by atoms with E-state index >= 15 is 0 Å². The number of sulfonamides is 1. The van der Waals surface area contributed by atoms with Gasteiger partial charge in [0.15, 0.2) is 17.3 Å². The van der Waals surface area contributed by atoms with Crippen LogP contribution in [0, 0.1) is 6.92 Å². The normalized spacial score (nSPS) is 13.3. The monoisotopic (exact) mass is 426 g/mol. The number of benzene rings is 2. The van der Waals surface area contributed by atoms with Crippen molar-refractivity contribution < 1.29 is 22.7 Å². The third-order valence-corrected chi connectivity index (χ3v) is 6.06. The molecule has 8 heteroatoms. The Morgan fingerprint density at radius 3 is 2.33 bits per heavy atom. The molecule has 0 aliphatic carbocycles. The molecule has 0 amide bonds. The standard InChI is InChI=1S/C22H22N2O5S/c1-3-20(25)18-13-19(15-4-9-21-22(12-15)29-11-10-28-21)24(14(18)2)16-5-7-17(8-6-16)30(23,26)27/h4-9,12-13H,3,10-11H2,1-2H3,(H2,23,26,27). The van der Waals surface area contributed by atoms with Gasteiger partial charge in [0, 0.05) is 28.9 Å². The van der Waals surface area contributed by atoms with Crippen LogP contribution in [0.4, 0.5) is 0 Å². The van der Waals surface area contributed by atoms with Crippen molar-refractivity contribution in [3.05, 3.63) is 59.8 Å². The van der Waals surface area contributed by atoms with Gasteiger partial charge in [-0.25, -0.2) is 13.6 Å². The van der Waals surface area contributed by atoms with E-state index in [-0.39, 0.29) is 10.7 Å². The summed E-state index contributed by atoms with van der Waals surface area (Å²) in [6.45, 7) is 4.68. The first-order valence-electron chi connectivity index (χ1n) is 9.58. The van der Waals surface area contributed by atoms with E-state index in [0.717, 1.165) is 22.6 Å². The van der Waals surface area contributed by atoms with Gasteiger partial charge in [0.1, 0.15) is 13.2 Å². The topological polar surface area (TPSA) is 101 Å². The summed E-state index contributed by atoms with van der Waals surface area (Å²) in [4.78, 5) is 12.6. The van der Waals surface area contributed by atoms with Crippen LogP contribution < -0.4 is 14.6 Å². The molecule has 0 saturated carbocycles. The summed E-state index contributed by atoms with van der Waals surface area (Å²) in [7, 11) is -3.79. The minimum atomic E-state index is -3.79. The molecule has 30 heavy (non-hydrogen) atoms. The fourth-order valence-electron chi connectivity index (χ4n) is 3.61. The van der Waals surface area contributed by atoms with Crippen LogP contribution >= 0.6 is 0 Å². The lowest BCUT2D eigenvalue weighted by molar-refractivity contribution is 0.0987. The van der Waals surface area contributed by atoms with Gasteiger partial charge in [0.2, 0.25) is 10.0 Å². The summed E-state index contributed by atoms with van der Waals surface area (Å²) >= 11 is 0. The maximum absolute atomic E-state index is 12.5. The first kappa shape index (κ1) is 20.2. The van der Waals surface area contributed by atoms with E-state index in [4.69, 9.17) is 14.6 Å². The van der Waals surface area contributed by atoms with Crippen molar-refractivity contribution >= 4 is 15.8 Å². The second-order valence-corrected chi connectivity index (χ2v) is 8.60. The van der Waals surface area contributed by atoms with Crippen LogP contribution in [-0.4, -0.2) is 32.0 Å². The van der Waals surface area contributed by atoms with Crippen LogP contribution in [0.1, 0.15) is 29.4 Å². The Bertz CT molecular complexity index is 1230. The number of primary sulfonamides is 1. The molecule has 2 N–H and O–H groups in total. The number of nitrogens with zero attached hydrogens (tertiary/aromatic N) is 1. The summed E-state index contributed by atoms with van der Waals surface area (Å²) in [5.41, 5.74) is 3.77. The molecule has 3 aromatic rings. The molecule has 0 saturated heterocycles. The van der Waals surface area contributed by atoms with Crippen LogP contribution in [0.3, 0.4) is 0 Å². The zero-order chi connectivity index (χ0) is 21.5. The molecule has 0 bridgehead atoms. The third-order valence-electron chi connectivity index (χ3n) is 5.13. The zero-order valence-corrected chi connectivity index (χ0v) is 17.5. The fraction of sp³-hybridized carbons (Fsp3) is 0.227. The van der Waals surface area contributed by atoms with Gasteiger partial charge in [-0.3, -0.25) is 4.79 Å². The zero-order valence-electron chi connectivity index (χ0n) is 16.7. The lowest BCUT2D eigenvalue weighted by Crippen LogP contribution is -2.15. The number of aromatic nitrogens is 1. The first-order chi connectivity index (χ1) is 14.3. The highest BCUT2D eigenvalue weighted by Gasteiger charge is 2.21. The van der Waals surface area contributed by atoms with Gasteiger partial charge in [-0.1, -0.05) is 6.92 Å². The third kappa shape index (κ3) is 3.59. The minimum absolute atomic E-state index is 0.0294. The molecule has 2 aromatic carbocycles. The maximum Gasteiger partial charge on any atom is 0.238 e. The molecule has 0 spiro atoms. The molecule has 4 rings (SSSR count). The van der Waals surface area contributed by atoms with E-state index in [1.165, 1.54) is 12.1 Å². The SMILES string of the molecule is CCC(=O)c1cc(-c2ccc3c(c2)OCCO3)n(-c2ccc(S(N)(=O)=O)cc2)c1C. The predicted molar refractivity (Wildman–Crippen MR) is 113 cm³/mol. The summed E-state index contributed by atoms with van der Waals surface area (Å²) in [5.74, 6) is 1.37. The molecule has 0 unspecified atom stereocenters. The van der Waals surface area contributed by atoms with Crippen molar-refractivity contribution in [3.8, 4) is 28.4 Å². The van der Waals surface area contributed by atoms with Crippen molar-refractivity contribution in [2.75, 3.05) is 13.2 Å². The van der Waals surface area contributed by atoms with E-state index in [1.54, 1.807) is 12.1 Å². The number of fused-ring (bicyclic) bond motifs is 1. The smallest absolute Gasteiger partial charge is 0.238 e. The van der Waals surface area contributed by atoms with Gasteiger partial charge >= 0.3 is 0 Å². The number of ether oxygens (including phenoxy) is 2. The second kappa shape index (κ2) is 7.62. The van der Waals surface area contributed by atoms with E-state index in [0.29, 0.717) is 36.7 Å². The Morgan fingerprint density at radius 2 is 1.70 bits per heavy atom. The molecule has 2 heterocycles. The second-order valence-electron chi connectivity index (χ2n) is 7.04. The molecule has 1 aliphatic rings. The predicted octanol–water partition coefficient (Wildman–Crippen LogP) is 3.46. The largest absolute Gasteiger partial charge is 0.486 e. The number of Topliss-reactive ketones (excluding diaryl/α,β-unsaturated/α-hetero) is 1. The number of ketones is 1. The molecule has 156 valence electrons. The number of hydrogen-bond acceptors (Lipinski definition) is 5. The minimum Gasteiger partial charge on any atom is -0.486 e. The molecule has 7 nitrogen and oxygen atoms in total. The number of hydrogen-bond donors (Lipinski definition) is 1. The molecule has 0 atom stereocenters. The summed E-state index contributed by atoms with van der Waals surface area (Å²) in [6, 6.07) is 13.8. The van der Waals surface area contributed by atoms with Crippen molar-refractivity contribution in [2.45, 2.75) is 25.2 Å². The van der Waals surface area contributed by atoms with Crippen molar-refractivity contribution in [1.82, 2.24) is 4.57 Å². The van der Waals surface area contributed by atoms with Crippen LogP contribution in [0.25, 0.3) is 16.9 Å². The molecular weight excluding hydrogens is 404 g/mol. The Labute approximate surface area is 175 Å². The highest BCUT2D eigenvalue weighted by molar-refractivity contribution is 7.89. The van der Waals surface area contributed by atoms with Gasteiger partial charge in [0.05, 0.1) is 10.6 Å². The molecular formula is C22H22N2O5S. The van der Waals surface area contributed by atoms with Gasteiger partial charge in [0.25, 0.3) is 0 Å². The number of nitrogens with two attached hydrogens (primary N) is 1. The van der Waals surface area contributed by atoms with Crippen LogP contribution in [-0.2, 0) is 10.0 Å². The average Bonchev–Trinajstić information content (AvgIpc) is 3.09. The Morgan fingerprint density at radius 1 is 1.03 bits per heavy atom.